The molecule has 2 aromatic rings. The zero-order chi connectivity index (χ0) is 15.4. The van der Waals surface area contributed by atoms with E-state index in [1.54, 1.807) is 6.07 Å². The van der Waals surface area contributed by atoms with Gasteiger partial charge in [0.2, 0.25) is 0 Å². The van der Waals surface area contributed by atoms with Gasteiger partial charge in [-0.1, -0.05) is 0 Å². The number of non-ortho nitro benzene ring substituents is 1. The molecule has 1 aromatic heterocycles. The van der Waals surface area contributed by atoms with E-state index in [9.17, 15) is 19.3 Å². The Bertz CT molecular complexity index is 770. The number of nitro benzene ring substituents is 1. The molecular formula is C13H7FN4O3. The van der Waals surface area contributed by atoms with Crippen LogP contribution in [0.2, 0.25) is 0 Å². The summed E-state index contributed by atoms with van der Waals surface area (Å²) in [6.07, 6.45) is 2.13. The quantitative estimate of drug-likeness (QED) is 0.687. The first kappa shape index (κ1) is 14.1. The van der Waals surface area contributed by atoms with Gasteiger partial charge in [0.1, 0.15) is 6.07 Å². The predicted octanol–water partition coefficient (Wildman–Crippen LogP) is 2.25. The van der Waals surface area contributed by atoms with Gasteiger partial charge in [-0.05, 0) is 12.1 Å². The Hall–Kier alpha value is -3.34. The molecule has 0 atom stereocenters. The van der Waals surface area contributed by atoms with Crippen LogP contribution in [0.5, 0.6) is 0 Å². The molecular weight excluding hydrogens is 279 g/mol. The van der Waals surface area contributed by atoms with Gasteiger partial charge in [0.05, 0.1) is 27.9 Å². The van der Waals surface area contributed by atoms with Crippen LogP contribution in [0.25, 0.3) is 0 Å². The number of amides is 1. The van der Waals surface area contributed by atoms with Crippen LogP contribution in [0.15, 0.2) is 36.7 Å². The largest absolute Gasteiger partial charge is 0.321 e. The third-order valence-electron chi connectivity index (χ3n) is 2.60. The smallest absolute Gasteiger partial charge is 0.270 e. The van der Waals surface area contributed by atoms with Gasteiger partial charge in [0.25, 0.3) is 11.6 Å². The van der Waals surface area contributed by atoms with Crippen LogP contribution in [-0.2, 0) is 0 Å². The highest BCUT2D eigenvalue weighted by molar-refractivity contribution is 6.05. The van der Waals surface area contributed by atoms with E-state index in [0.717, 1.165) is 18.3 Å². The fraction of sp³-hybridized carbons (Fsp3) is 0. The maximum Gasteiger partial charge on any atom is 0.270 e. The van der Waals surface area contributed by atoms with Crippen molar-refractivity contribution in [1.82, 2.24) is 4.98 Å². The maximum absolute atomic E-state index is 13.4. The molecule has 104 valence electrons. The molecule has 0 fully saturated rings. The Morgan fingerprint density at radius 2 is 2.19 bits per heavy atom. The lowest BCUT2D eigenvalue weighted by molar-refractivity contribution is -0.384. The minimum atomic E-state index is -0.810. The minimum Gasteiger partial charge on any atom is -0.321 e. The summed E-state index contributed by atoms with van der Waals surface area (Å²) in [5.74, 6) is -1.59. The number of carbonyl (C=O) groups is 1. The number of nitro groups is 1. The van der Waals surface area contributed by atoms with Crippen LogP contribution in [-0.4, -0.2) is 15.8 Å². The molecule has 0 aliphatic heterocycles. The number of rotatable bonds is 3. The molecule has 0 radical (unpaired) electrons. The fourth-order valence-corrected chi connectivity index (χ4v) is 1.60. The Morgan fingerprint density at radius 3 is 2.81 bits per heavy atom. The summed E-state index contributed by atoms with van der Waals surface area (Å²) in [7, 11) is 0. The highest BCUT2D eigenvalue weighted by Gasteiger charge is 2.15. The van der Waals surface area contributed by atoms with Gasteiger partial charge in [0.15, 0.2) is 5.82 Å². The molecule has 1 aromatic carbocycles. The number of nitrogens with one attached hydrogen (secondary N) is 1. The van der Waals surface area contributed by atoms with Crippen molar-refractivity contribution in [3.63, 3.8) is 0 Å². The first-order valence-corrected chi connectivity index (χ1v) is 5.62. The van der Waals surface area contributed by atoms with E-state index in [2.05, 4.69) is 10.3 Å². The molecule has 1 heterocycles. The van der Waals surface area contributed by atoms with Crippen molar-refractivity contribution in [2.75, 3.05) is 5.32 Å². The molecule has 0 saturated heterocycles. The van der Waals surface area contributed by atoms with E-state index in [4.69, 9.17) is 5.26 Å². The zero-order valence-corrected chi connectivity index (χ0v) is 10.4. The van der Waals surface area contributed by atoms with Crippen LogP contribution in [0.1, 0.15) is 15.9 Å². The molecule has 21 heavy (non-hydrogen) atoms. The Labute approximate surface area is 117 Å². The highest BCUT2D eigenvalue weighted by Crippen LogP contribution is 2.22. The maximum atomic E-state index is 13.4. The van der Waals surface area contributed by atoms with Gasteiger partial charge in [-0.3, -0.25) is 19.9 Å². The Balaban J connectivity index is 2.32. The number of nitrogens with zero attached hydrogens (tertiary/aromatic N) is 3. The SMILES string of the molecule is N#Cc1cc([N+](=O)[O-])ccc1NC(=O)c1ccncc1F. The molecule has 0 aliphatic carbocycles. The van der Waals surface area contributed by atoms with Crippen molar-refractivity contribution in [2.45, 2.75) is 0 Å². The van der Waals surface area contributed by atoms with Gasteiger partial charge in [-0.15, -0.1) is 0 Å². The lowest BCUT2D eigenvalue weighted by Crippen LogP contribution is -2.14. The Kier molecular flexibility index (Phi) is 3.85. The molecule has 1 amide bonds. The summed E-state index contributed by atoms with van der Waals surface area (Å²) in [4.78, 5) is 25.4. The van der Waals surface area contributed by atoms with Crippen molar-refractivity contribution >= 4 is 17.3 Å². The third kappa shape index (κ3) is 2.98. The molecule has 0 bridgehead atoms. The van der Waals surface area contributed by atoms with Gasteiger partial charge < -0.3 is 5.32 Å². The number of benzene rings is 1. The number of anilines is 1. The molecule has 0 spiro atoms. The average Bonchev–Trinajstić information content (AvgIpc) is 2.47. The topological polar surface area (TPSA) is 109 Å². The summed E-state index contributed by atoms with van der Waals surface area (Å²) >= 11 is 0. The number of hydrogen-bond acceptors (Lipinski definition) is 5. The number of carbonyl (C=O) groups excluding carboxylic acids is 1. The summed E-state index contributed by atoms with van der Waals surface area (Å²) in [6.45, 7) is 0. The predicted molar refractivity (Wildman–Crippen MR) is 70.0 cm³/mol. The van der Waals surface area contributed by atoms with Crippen LogP contribution in [0.3, 0.4) is 0 Å². The van der Waals surface area contributed by atoms with Gasteiger partial charge in [-0.25, -0.2) is 4.39 Å². The van der Waals surface area contributed by atoms with Crippen LogP contribution < -0.4 is 5.32 Å². The first-order chi connectivity index (χ1) is 10.0. The summed E-state index contributed by atoms with van der Waals surface area (Å²) in [6, 6.07) is 6.30. The molecule has 0 unspecified atom stereocenters. The Morgan fingerprint density at radius 1 is 1.43 bits per heavy atom. The molecule has 0 aliphatic rings. The second-order valence-corrected chi connectivity index (χ2v) is 3.91. The third-order valence-corrected chi connectivity index (χ3v) is 2.60. The summed E-state index contributed by atoms with van der Waals surface area (Å²) < 4.78 is 13.4. The summed E-state index contributed by atoms with van der Waals surface area (Å²) in [5.41, 5.74) is -0.553. The number of aromatic nitrogens is 1. The molecule has 8 heteroatoms. The van der Waals surface area contributed by atoms with Crippen molar-refractivity contribution in [2.24, 2.45) is 0 Å². The van der Waals surface area contributed by atoms with E-state index in [-0.39, 0.29) is 22.5 Å². The summed E-state index contributed by atoms with van der Waals surface area (Å²) in [5, 5.41) is 21.9. The normalized spacial score (nSPS) is 9.71. The van der Waals surface area contributed by atoms with Gasteiger partial charge in [-0.2, -0.15) is 5.26 Å². The van der Waals surface area contributed by atoms with E-state index in [1.165, 1.54) is 18.3 Å². The monoisotopic (exact) mass is 286 g/mol. The van der Waals surface area contributed by atoms with E-state index < -0.39 is 16.6 Å². The van der Waals surface area contributed by atoms with Gasteiger partial charge >= 0.3 is 0 Å². The van der Waals surface area contributed by atoms with Crippen LogP contribution in [0, 0.1) is 27.3 Å². The number of pyridine rings is 1. The molecule has 7 nitrogen and oxygen atoms in total. The average molecular weight is 286 g/mol. The second kappa shape index (κ2) is 5.75. The number of halogens is 1. The lowest BCUT2D eigenvalue weighted by Gasteiger charge is -2.07. The second-order valence-electron chi connectivity index (χ2n) is 3.91. The first-order valence-electron chi connectivity index (χ1n) is 5.62. The number of nitriles is 1. The van der Waals surface area contributed by atoms with Crippen molar-refractivity contribution in [1.29, 1.82) is 5.26 Å². The van der Waals surface area contributed by atoms with Crippen molar-refractivity contribution < 1.29 is 14.1 Å². The molecule has 0 saturated carbocycles. The van der Waals surface area contributed by atoms with Crippen LogP contribution >= 0.6 is 0 Å². The van der Waals surface area contributed by atoms with E-state index in [1.807, 2.05) is 0 Å². The highest BCUT2D eigenvalue weighted by atomic mass is 19.1. The minimum absolute atomic E-state index is 0.0595. The number of hydrogen-bond donors (Lipinski definition) is 1. The zero-order valence-electron chi connectivity index (χ0n) is 10.4. The molecule has 2 rings (SSSR count). The van der Waals surface area contributed by atoms with E-state index >= 15 is 0 Å². The van der Waals surface area contributed by atoms with Gasteiger partial charge in [0, 0.05) is 18.3 Å². The van der Waals surface area contributed by atoms with Crippen molar-refractivity contribution in [3.8, 4) is 6.07 Å². The fourth-order valence-electron chi connectivity index (χ4n) is 1.60. The lowest BCUT2D eigenvalue weighted by atomic mass is 10.1. The molecule has 1 N–H and O–H groups in total. The standard InChI is InChI=1S/C13H7FN4O3/c14-11-7-16-4-3-10(11)13(19)17-12-2-1-9(18(20)21)5-8(12)6-15/h1-5,7H,(H,17,19). The van der Waals surface area contributed by atoms with Crippen molar-refractivity contribution in [3.05, 3.63) is 63.7 Å². The van der Waals surface area contributed by atoms with E-state index in [0.29, 0.717) is 0 Å². The van der Waals surface area contributed by atoms with Crippen LogP contribution in [0.4, 0.5) is 15.8 Å².